The van der Waals surface area contributed by atoms with E-state index in [4.69, 9.17) is 9.47 Å². The van der Waals surface area contributed by atoms with Crippen LogP contribution in [0.15, 0.2) is 42.5 Å². The molecule has 160 valence electrons. The zero-order chi connectivity index (χ0) is 21.5. The number of amides is 2. The van der Waals surface area contributed by atoms with Gasteiger partial charge in [-0.05, 0) is 49.6 Å². The van der Waals surface area contributed by atoms with Crippen LogP contribution in [0, 0.1) is 6.92 Å². The molecule has 0 heterocycles. The summed E-state index contributed by atoms with van der Waals surface area (Å²) in [7, 11) is 3.23. The van der Waals surface area contributed by atoms with E-state index in [1.165, 1.54) is 11.8 Å². The summed E-state index contributed by atoms with van der Waals surface area (Å²) in [6.07, 6.45) is 2.03. The van der Waals surface area contributed by atoms with Crippen LogP contribution in [0.4, 0.5) is 5.69 Å². The molecule has 0 bridgehead atoms. The summed E-state index contributed by atoms with van der Waals surface area (Å²) in [5.41, 5.74) is 2.81. The van der Waals surface area contributed by atoms with Gasteiger partial charge in [-0.25, -0.2) is 0 Å². The number of nitrogens with zero attached hydrogens (tertiary/aromatic N) is 1. The van der Waals surface area contributed by atoms with Gasteiger partial charge in [0.15, 0.2) is 0 Å². The highest BCUT2D eigenvalue weighted by Gasteiger charge is 2.33. The van der Waals surface area contributed by atoms with Gasteiger partial charge in [0.05, 0.1) is 25.7 Å². The van der Waals surface area contributed by atoms with Gasteiger partial charge in [0.1, 0.15) is 11.5 Å². The van der Waals surface area contributed by atoms with Gasteiger partial charge in [0.25, 0.3) is 0 Å². The van der Waals surface area contributed by atoms with E-state index in [9.17, 15) is 9.59 Å². The molecular formula is C23H28N2O4S. The first-order valence-corrected chi connectivity index (χ1v) is 11.1. The van der Waals surface area contributed by atoms with Crippen LogP contribution in [0.5, 0.6) is 11.5 Å². The molecule has 0 spiro atoms. The fraction of sp³-hybridized carbons (Fsp3) is 0.391. The standard InChI is InChI=1S/C23H28N2O4S/c1-16-5-4-6-18(11-16)24-22(26)14-30-15-23(27)25(19-8-9-19)13-17-7-10-20(28-2)12-21(17)29-3/h4-7,10-12,19H,8-9,13-15H2,1-3H3,(H,24,26). The monoisotopic (exact) mass is 428 g/mol. The third-order valence-electron chi connectivity index (χ3n) is 4.90. The zero-order valence-electron chi connectivity index (χ0n) is 17.6. The lowest BCUT2D eigenvalue weighted by Gasteiger charge is -2.23. The lowest BCUT2D eigenvalue weighted by molar-refractivity contribution is -0.129. The molecule has 6 nitrogen and oxygen atoms in total. The molecule has 30 heavy (non-hydrogen) atoms. The van der Waals surface area contributed by atoms with Crippen molar-refractivity contribution in [3.63, 3.8) is 0 Å². The maximum atomic E-state index is 12.8. The average molecular weight is 429 g/mol. The van der Waals surface area contributed by atoms with Crippen molar-refractivity contribution in [2.24, 2.45) is 0 Å². The van der Waals surface area contributed by atoms with E-state index in [2.05, 4.69) is 5.32 Å². The van der Waals surface area contributed by atoms with Crippen molar-refractivity contribution in [2.75, 3.05) is 31.0 Å². The first-order valence-electron chi connectivity index (χ1n) is 9.94. The Balaban J connectivity index is 1.53. The molecule has 0 unspecified atom stereocenters. The number of hydrogen-bond acceptors (Lipinski definition) is 5. The van der Waals surface area contributed by atoms with E-state index in [0.717, 1.165) is 35.4 Å². The second-order valence-corrected chi connectivity index (χ2v) is 8.33. The van der Waals surface area contributed by atoms with Gasteiger partial charge < -0.3 is 19.7 Å². The van der Waals surface area contributed by atoms with Crippen LogP contribution < -0.4 is 14.8 Å². The summed E-state index contributed by atoms with van der Waals surface area (Å²) in [6.45, 7) is 2.47. The van der Waals surface area contributed by atoms with Gasteiger partial charge >= 0.3 is 0 Å². The minimum Gasteiger partial charge on any atom is -0.497 e. The lowest BCUT2D eigenvalue weighted by Crippen LogP contribution is -2.34. The molecule has 1 fully saturated rings. The highest BCUT2D eigenvalue weighted by Crippen LogP contribution is 2.32. The van der Waals surface area contributed by atoms with Crippen LogP contribution in [0.3, 0.4) is 0 Å². The van der Waals surface area contributed by atoms with E-state index < -0.39 is 0 Å². The van der Waals surface area contributed by atoms with Gasteiger partial charge in [-0.1, -0.05) is 12.1 Å². The predicted molar refractivity (Wildman–Crippen MR) is 120 cm³/mol. The number of thioether (sulfide) groups is 1. The maximum Gasteiger partial charge on any atom is 0.234 e. The molecule has 0 radical (unpaired) electrons. The Labute approximate surface area is 181 Å². The normalized spacial score (nSPS) is 12.9. The zero-order valence-corrected chi connectivity index (χ0v) is 18.5. The Morgan fingerprint density at radius 2 is 1.90 bits per heavy atom. The molecule has 2 aromatic carbocycles. The van der Waals surface area contributed by atoms with Crippen molar-refractivity contribution in [3.05, 3.63) is 53.6 Å². The number of carbonyl (C=O) groups excluding carboxylic acids is 2. The predicted octanol–water partition coefficient (Wildman–Crippen LogP) is 3.88. The Bertz CT molecular complexity index is 899. The summed E-state index contributed by atoms with van der Waals surface area (Å²) in [6, 6.07) is 13.6. The number of aryl methyl sites for hydroxylation is 1. The van der Waals surface area contributed by atoms with Crippen molar-refractivity contribution in [1.82, 2.24) is 4.90 Å². The van der Waals surface area contributed by atoms with Crippen LogP contribution in [0.1, 0.15) is 24.0 Å². The molecule has 1 N–H and O–H groups in total. The number of carbonyl (C=O) groups is 2. The third-order valence-corrected chi connectivity index (χ3v) is 5.82. The summed E-state index contributed by atoms with van der Waals surface area (Å²) in [5, 5.41) is 2.87. The van der Waals surface area contributed by atoms with Gasteiger partial charge in [-0.2, -0.15) is 0 Å². The van der Waals surface area contributed by atoms with Crippen LogP contribution in [-0.4, -0.2) is 48.5 Å². The van der Waals surface area contributed by atoms with Crippen LogP contribution >= 0.6 is 11.8 Å². The number of nitrogens with one attached hydrogen (secondary N) is 1. The molecule has 2 amide bonds. The fourth-order valence-corrected chi connectivity index (χ4v) is 3.91. The van der Waals surface area contributed by atoms with Gasteiger partial charge in [0.2, 0.25) is 11.8 Å². The molecule has 2 aromatic rings. The van der Waals surface area contributed by atoms with Gasteiger partial charge in [0, 0.05) is 29.9 Å². The first kappa shape index (κ1) is 22.0. The maximum absolute atomic E-state index is 12.8. The topological polar surface area (TPSA) is 67.9 Å². The summed E-state index contributed by atoms with van der Waals surface area (Å²) >= 11 is 1.34. The Morgan fingerprint density at radius 1 is 1.10 bits per heavy atom. The molecule has 0 aliphatic heterocycles. The minimum atomic E-state index is -0.104. The van der Waals surface area contributed by atoms with Crippen LogP contribution in [-0.2, 0) is 16.1 Å². The lowest BCUT2D eigenvalue weighted by atomic mass is 10.1. The van der Waals surface area contributed by atoms with Crippen LogP contribution in [0.25, 0.3) is 0 Å². The molecule has 1 saturated carbocycles. The average Bonchev–Trinajstić information content (AvgIpc) is 3.57. The Hall–Kier alpha value is -2.67. The van der Waals surface area contributed by atoms with Crippen molar-refractivity contribution >= 4 is 29.3 Å². The molecule has 0 atom stereocenters. The fourth-order valence-electron chi connectivity index (χ4n) is 3.21. The highest BCUT2D eigenvalue weighted by molar-refractivity contribution is 8.00. The molecule has 1 aliphatic rings. The molecule has 1 aliphatic carbocycles. The molecule has 3 rings (SSSR count). The summed E-state index contributed by atoms with van der Waals surface area (Å²) < 4.78 is 10.7. The highest BCUT2D eigenvalue weighted by atomic mass is 32.2. The van der Waals surface area contributed by atoms with E-state index >= 15 is 0 Å². The van der Waals surface area contributed by atoms with E-state index in [0.29, 0.717) is 12.3 Å². The molecule has 7 heteroatoms. The summed E-state index contributed by atoms with van der Waals surface area (Å²) in [5.74, 6) is 1.88. The van der Waals surface area contributed by atoms with Crippen LogP contribution in [0.2, 0.25) is 0 Å². The number of ether oxygens (including phenoxy) is 2. The van der Waals surface area contributed by atoms with Crippen molar-refractivity contribution in [3.8, 4) is 11.5 Å². The minimum absolute atomic E-state index is 0.0451. The van der Waals surface area contributed by atoms with E-state index in [1.54, 1.807) is 14.2 Å². The summed E-state index contributed by atoms with van der Waals surface area (Å²) in [4.78, 5) is 26.9. The smallest absolute Gasteiger partial charge is 0.234 e. The van der Waals surface area contributed by atoms with Gasteiger partial charge in [-0.3, -0.25) is 9.59 Å². The SMILES string of the molecule is COc1ccc(CN(C(=O)CSCC(=O)Nc2cccc(C)c2)C2CC2)c(OC)c1. The second kappa shape index (κ2) is 10.4. The van der Waals surface area contributed by atoms with E-state index in [-0.39, 0.29) is 29.4 Å². The second-order valence-electron chi connectivity index (χ2n) is 7.34. The third kappa shape index (κ3) is 6.16. The Morgan fingerprint density at radius 3 is 2.57 bits per heavy atom. The molecular weight excluding hydrogens is 400 g/mol. The molecule has 0 aromatic heterocycles. The Kier molecular flexibility index (Phi) is 7.63. The number of anilines is 1. The van der Waals surface area contributed by atoms with Gasteiger partial charge in [-0.15, -0.1) is 11.8 Å². The number of rotatable bonds is 10. The van der Waals surface area contributed by atoms with Crippen molar-refractivity contribution < 1.29 is 19.1 Å². The number of methoxy groups -OCH3 is 2. The first-order chi connectivity index (χ1) is 14.5. The van der Waals surface area contributed by atoms with E-state index in [1.807, 2.05) is 54.3 Å². The van der Waals surface area contributed by atoms with Crippen molar-refractivity contribution in [1.29, 1.82) is 0 Å². The molecule has 0 saturated heterocycles. The largest absolute Gasteiger partial charge is 0.497 e. The number of hydrogen-bond donors (Lipinski definition) is 1. The number of benzene rings is 2. The quantitative estimate of drug-likeness (QED) is 0.622. The van der Waals surface area contributed by atoms with Crippen molar-refractivity contribution in [2.45, 2.75) is 32.4 Å².